The minimum absolute atomic E-state index is 0.145. The summed E-state index contributed by atoms with van der Waals surface area (Å²) in [5, 5.41) is 2.61. The molecule has 2 aromatic heterocycles. The van der Waals surface area contributed by atoms with Gasteiger partial charge in [-0.15, -0.1) is 0 Å². The van der Waals surface area contributed by atoms with Crippen LogP contribution >= 0.6 is 45.2 Å². The minimum atomic E-state index is -4.64. The summed E-state index contributed by atoms with van der Waals surface area (Å²) in [5.41, 5.74) is 0. The van der Waals surface area contributed by atoms with Gasteiger partial charge < -0.3 is 10.2 Å². The van der Waals surface area contributed by atoms with Gasteiger partial charge in [0.25, 0.3) is 11.8 Å². The first-order valence-electron chi connectivity index (χ1n) is 10.8. The van der Waals surface area contributed by atoms with Crippen LogP contribution in [-0.2, 0) is 4.79 Å². The molecule has 4 heterocycles. The van der Waals surface area contributed by atoms with Crippen molar-refractivity contribution in [1.29, 1.82) is 0 Å². The highest BCUT2D eigenvalue weighted by atomic mass is 127. The SMILES string of the molecule is CC1CN(c2cc(I)cc(F)n2)CC1(F)F.CC1CNCC1(F)F.Fc1cc(I)cc(F)n1.O=CC(F)(F)F. The van der Waals surface area contributed by atoms with Crippen molar-refractivity contribution in [2.45, 2.75) is 31.9 Å². The summed E-state index contributed by atoms with van der Waals surface area (Å²) in [7, 11) is 0. The van der Waals surface area contributed by atoms with Gasteiger partial charge in [0.2, 0.25) is 24.1 Å². The van der Waals surface area contributed by atoms with E-state index in [1.165, 1.54) is 17.9 Å². The van der Waals surface area contributed by atoms with Crippen molar-refractivity contribution in [3.8, 4) is 0 Å². The van der Waals surface area contributed by atoms with E-state index < -0.39 is 54.0 Å². The lowest BCUT2D eigenvalue weighted by molar-refractivity contribution is -0.156. The van der Waals surface area contributed by atoms with E-state index in [1.54, 1.807) is 13.0 Å². The zero-order valence-electron chi connectivity index (χ0n) is 20.2. The normalized spacial score (nSPS) is 21.0. The molecule has 1 N–H and O–H groups in total. The molecule has 2 atom stereocenters. The fraction of sp³-hybridized carbons (Fsp3) is 0.500. The van der Waals surface area contributed by atoms with Crippen LogP contribution in [0, 0.1) is 36.8 Å². The number of carbonyl (C=O) groups is 1. The molecule has 0 aromatic carbocycles. The van der Waals surface area contributed by atoms with Crippen molar-refractivity contribution in [2.75, 3.05) is 31.1 Å². The van der Waals surface area contributed by atoms with E-state index in [0.29, 0.717) is 13.7 Å². The number of halogens is 12. The summed E-state index contributed by atoms with van der Waals surface area (Å²) in [6.45, 7) is 3.17. The van der Waals surface area contributed by atoms with Crippen molar-refractivity contribution in [3.05, 3.63) is 49.2 Å². The Bertz CT molecular complexity index is 1020. The first-order valence-corrected chi connectivity index (χ1v) is 13.0. The maximum absolute atomic E-state index is 13.3. The zero-order chi connectivity index (χ0) is 30.2. The van der Waals surface area contributed by atoms with Crippen LogP contribution in [0.15, 0.2) is 24.3 Å². The lowest BCUT2D eigenvalue weighted by Crippen LogP contribution is -2.27. The summed E-state index contributed by atoms with van der Waals surface area (Å²) < 4.78 is 121. The van der Waals surface area contributed by atoms with Gasteiger partial charge in [0, 0.05) is 50.3 Å². The molecule has 2 aliphatic heterocycles. The smallest absolute Gasteiger partial charge is 0.350 e. The minimum Gasteiger partial charge on any atom is -0.350 e. The number of anilines is 1. The monoisotopic (exact) mass is 802 g/mol. The van der Waals surface area contributed by atoms with E-state index in [1.807, 2.05) is 45.2 Å². The number of aldehydes is 1. The Morgan fingerprint density at radius 2 is 1.36 bits per heavy atom. The van der Waals surface area contributed by atoms with Crippen LogP contribution in [0.25, 0.3) is 0 Å². The second-order valence-electron chi connectivity index (χ2n) is 8.39. The van der Waals surface area contributed by atoms with Crippen LogP contribution < -0.4 is 10.2 Å². The number of rotatable bonds is 1. The van der Waals surface area contributed by atoms with Crippen molar-refractivity contribution >= 4 is 57.3 Å². The molecule has 39 heavy (non-hydrogen) atoms. The summed E-state index contributed by atoms with van der Waals surface area (Å²) in [6.07, 6.45) is -5.70. The quantitative estimate of drug-likeness (QED) is 0.155. The third kappa shape index (κ3) is 13.1. The van der Waals surface area contributed by atoms with Crippen LogP contribution in [0.4, 0.5) is 49.7 Å². The Kier molecular flexibility index (Phi) is 13.6. The summed E-state index contributed by atoms with van der Waals surface area (Å²) in [4.78, 5) is 16.7. The zero-order valence-corrected chi connectivity index (χ0v) is 24.5. The molecule has 5 nitrogen and oxygen atoms in total. The van der Waals surface area contributed by atoms with Gasteiger partial charge in [0.1, 0.15) is 5.82 Å². The second kappa shape index (κ2) is 14.9. The van der Waals surface area contributed by atoms with Crippen LogP contribution in [0.2, 0.25) is 0 Å². The molecular weight excluding hydrogens is 780 g/mol. The predicted octanol–water partition coefficient (Wildman–Crippen LogP) is 6.49. The fourth-order valence-electron chi connectivity index (χ4n) is 2.94. The molecule has 0 bridgehead atoms. The number of nitrogens with zero attached hydrogens (tertiary/aromatic N) is 3. The van der Waals surface area contributed by atoms with Crippen LogP contribution in [0.1, 0.15) is 13.8 Å². The Morgan fingerprint density at radius 1 is 0.897 bits per heavy atom. The Hall–Kier alpha value is -1.51. The largest absolute Gasteiger partial charge is 0.446 e. The number of aromatic nitrogens is 2. The third-order valence-electron chi connectivity index (χ3n) is 5.08. The average Bonchev–Trinajstić information content (AvgIpc) is 3.23. The first-order chi connectivity index (χ1) is 17.8. The molecule has 0 aliphatic carbocycles. The molecule has 0 spiro atoms. The van der Waals surface area contributed by atoms with E-state index in [9.17, 15) is 43.9 Å². The van der Waals surface area contributed by atoms with E-state index in [-0.39, 0.29) is 25.5 Å². The average molecular weight is 802 g/mol. The highest BCUT2D eigenvalue weighted by Crippen LogP contribution is 2.35. The van der Waals surface area contributed by atoms with Gasteiger partial charge in [-0.1, -0.05) is 13.8 Å². The molecule has 2 aromatic rings. The molecule has 220 valence electrons. The van der Waals surface area contributed by atoms with Gasteiger partial charge in [-0.2, -0.15) is 31.3 Å². The third-order valence-corrected chi connectivity index (χ3v) is 6.33. The molecule has 2 fully saturated rings. The van der Waals surface area contributed by atoms with Crippen molar-refractivity contribution < 1.29 is 48.7 Å². The maximum Gasteiger partial charge on any atom is 0.446 e. The Labute approximate surface area is 244 Å². The lowest BCUT2D eigenvalue weighted by atomic mass is 10.1. The maximum atomic E-state index is 13.3. The van der Waals surface area contributed by atoms with Gasteiger partial charge in [-0.3, -0.25) is 4.79 Å². The Morgan fingerprint density at radius 3 is 1.64 bits per heavy atom. The van der Waals surface area contributed by atoms with Crippen LogP contribution in [0.5, 0.6) is 0 Å². The molecular formula is C22H22F10I2N4O. The highest BCUT2D eigenvalue weighted by Gasteiger charge is 2.45. The van der Waals surface area contributed by atoms with Gasteiger partial charge in [-0.25, -0.2) is 22.5 Å². The topological polar surface area (TPSA) is 58.1 Å². The molecule has 2 unspecified atom stereocenters. The molecule has 2 aliphatic rings. The molecule has 17 heteroatoms. The fourth-order valence-corrected chi connectivity index (χ4v) is 3.99. The summed E-state index contributed by atoms with van der Waals surface area (Å²) >= 11 is 3.75. The lowest BCUT2D eigenvalue weighted by Gasteiger charge is -2.16. The van der Waals surface area contributed by atoms with Crippen molar-refractivity contribution in [1.82, 2.24) is 15.3 Å². The predicted molar refractivity (Wildman–Crippen MR) is 139 cm³/mol. The first kappa shape index (κ1) is 35.5. The van der Waals surface area contributed by atoms with E-state index in [4.69, 9.17) is 4.79 Å². The van der Waals surface area contributed by atoms with Crippen molar-refractivity contribution in [3.63, 3.8) is 0 Å². The number of pyridine rings is 2. The second-order valence-corrected chi connectivity index (χ2v) is 10.9. The molecule has 2 saturated heterocycles. The van der Waals surface area contributed by atoms with Gasteiger partial charge in [-0.05, 0) is 51.2 Å². The number of hydrogen-bond acceptors (Lipinski definition) is 5. The number of nitrogens with one attached hydrogen (secondary N) is 1. The number of hydrogen-bond donors (Lipinski definition) is 1. The van der Waals surface area contributed by atoms with Crippen LogP contribution in [-0.4, -0.2) is 60.5 Å². The van der Waals surface area contributed by atoms with E-state index in [0.717, 1.165) is 12.1 Å². The summed E-state index contributed by atoms with van der Waals surface area (Å²) in [6, 6.07) is 5.19. The van der Waals surface area contributed by atoms with E-state index >= 15 is 0 Å². The molecule has 0 radical (unpaired) electrons. The van der Waals surface area contributed by atoms with Gasteiger partial charge >= 0.3 is 6.18 Å². The summed E-state index contributed by atoms with van der Waals surface area (Å²) in [5.74, 6) is -8.30. The van der Waals surface area contributed by atoms with Crippen LogP contribution in [0.3, 0.4) is 0 Å². The van der Waals surface area contributed by atoms with E-state index in [2.05, 4.69) is 15.3 Å². The molecule has 0 saturated carbocycles. The highest BCUT2D eigenvalue weighted by molar-refractivity contribution is 14.1. The standard InChI is InChI=1S/C10H10F3IN2.C5H2F2IN.C5H9F2N.C2HF3O/c1-6-4-16(5-10(6,12)13)9-3-7(14)2-8(11)15-9;6-4-1-3(8)2-5(7)9-4;1-4-2-8-3-5(4,6)7;3-2(4,5)1-6/h2-3,6H,4-5H2,1H3;1-2H;4,8H,2-3H2,1H3;1H. The van der Waals surface area contributed by atoms with Gasteiger partial charge in [0.05, 0.1) is 13.1 Å². The van der Waals surface area contributed by atoms with Gasteiger partial charge in [0.15, 0.2) is 0 Å². The number of alkyl halides is 7. The molecule has 0 amide bonds. The molecule has 4 rings (SSSR count). The number of carbonyl (C=O) groups excluding carboxylic acids is 1. The Balaban J connectivity index is 0.000000282. The van der Waals surface area contributed by atoms with Crippen molar-refractivity contribution in [2.24, 2.45) is 11.8 Å².